The molecule has 0 aliphatic heterocycles. The first kappa shape index (κ1) is 15.0. The van der Waals surface area contributed by atoms with Crippen molar-refractivity contribution in [2.24, 2.45) is 0 Å². The maximum atomic E-state index is 12.0. The molecule has 0 heterocycles. The summed E-state index contributed by atoms with van der Waals surface area (Å²) >= 11 is 0. The van der Waals surface area contributed by atoms with Gasteiger partial charge in [0, 0.05) is 11.8 Å². The Morgan fingerprint density at radius 2 is 1.48 bits per heavy atom. The van der Waals surface area contributed by atoms with E-state index in [4.69, 9.17) is 0 Å². The third-order valence-electron chi connectivity index (χ3n) is 3.43. The SMILES string of the molecule is Cc1ccc(/C=C/C(=O)Nc2c(C)cc(C)cc2C)cc1. The maximum absolute atomic E-state index is 12.0. The van der Waals surface area contributed by atoms with Crippen LogP contribution in [0.5, 0.6) is 0 Å². The molecule has 0 bridgehead atoms. The summed E-state index contributed by atoms with van der Waals surface area (Å²) in [6, 6.07) is 12.2. The van der Waals surface area contributed by atoms with Crippen LogP contribution in [0.4, 0.5) is 5.69 Å². The zero-order valence-corrected chi connectivity index (χ0v) is 13.0. The second kappa shape index (κ2) is 6.40. The molecule has 0 aliphatic carbocycles. The largest absolute Gasteiger partial charge is 0.322 e. The Kier molecular flexibility index (Phi) is 4.59. The summed E-state index contributed by atoms with van der Waals surface area (Å²) in [5, 5.41) is 2.96. The zero-order valence-electron chi connectivity index (χ0n) is 13.0. The van der Waals surface area contributed by atoms with Crippen molar-refractivity contribution >= 4 is 17.7 Å². The smallest absolute Gasteiger partial charge is 0.248 e. The number of amides is 1. The van der Waals surface area contributed by atoms with Crippen molar-refractivity contribution in [2.45, 2.75) is 27.7 Å². The molecule has 1 amide bonds. The zero-order chi connectivity index (χ0) is 15.4. The molecule has 108 valence electrons. The van der Waals surface area contributed by atoms with Crippen molar-refractivity contribution in [1.82, 2.24) is 0 Å². The van der Waals surface area contributed by atoms with Crippen LogP contribution in [0.2, 0.25) is 0 Å². The molecule has 0 radical (unpaired) electrons. The van der Waals surface area contributed by atoms with E-state index in [9.17, 15) is 4.79 Å². The summed E-state index contributed by atoms with van der Waals surface area (Å²) in [4.78, 5) is 12.0. The average molecular weight is 279 g/mol. The van der Waals surface area contributed by atoms with Gasteiger partial charge in [0.25, 0.3) is 0 Å². The molecule has 2 nitrogen and oxygen atoms in total. The molecule has 0 saturated heterocycles. The van der Waals surface area contributed by atoms with Crippen LogP contribution in [-0.2, 0) is 4.79 Å². The minimum atomic E-state index is -0.106. The highest BCUT2D eigenvalue weighted by atomic mass is 16.1. The van der Waals surface area contributed by atoms with Gasteiger partial charge >= 0.3 is 0 Å². The van der Waals surface area contributed by atoms with Crippen LogP contribution in [0.3, 0.4) is 0 Å². The number of anilines is 1. The summed E-state index contributed by atoms with van der Waals surface area (Å²) in [5.41, 5.74) is 6.52. The molecule has 2 rings (SSSR count). The van der Waals surface area contributed by atoms with E-state index < -0.39 is 0 Å². The van der Waals surface area contributed by atoms with Gasteiger partial charge in [0.2, 0.25) is 5.91 Å². The lowest BCUT2D eigenvalue weighted by molar-refractivity contribution is -0.111. The van der Waals surface area contributed by atoms with Crippen molar-refractivity contribution in [1.29, 1.82) is 0 Å². The normalized spacial score (nSPS) is 10.9. The Balaban J connectivity index is 2.10. The first-order valence-electron chi connectivity index (χ1n) is 7.09. The Hall–Kier alpha value is -2.35. The molecule has 2 aromatic rings. The minimum Gasteiger partial charge on any atom is -0.322 e. The van der Waals surface area contributed by atoms with Crippen LogP contribution in [0.25, 0.3) is 6.08 Å². The lowest BCUT2D eigenvalue weighted by Gasteiger charge is -2.11. The van der Waals surface area contributed by atoms with Gasteiger partial charge in [0.1, 0.15) is 0 Å². The highest BCUT2D eigenvalue weighted by Crippen LogP contribution is 2.21. The number of rotatable bonds is 3. The van der Waals surface area contributed by atoms with Crippen molar-refractivity contribution in [3.8, 4) is 0 Å². The van der Waals surface area contributed by atoms with E-state index in [1.807, 2.05) is 51.1 Å². The van der Waals surface area contributed by atoms with Gasteiger partial charge in [0.15, 0.2) is 0 Å². The molecular weight excluding hydrogens is 258 g/mol. The molecule has 2 aromatic carbocycles. The fraction of sp³-hybridized carbons (Fsp3) is 0.211. The van der Waals surface area contributed by atoms with Crippen molar-refractivity contribution in [2.75, 3.05) is 5.32 Å². The third-order valence-corrected chi connectivity index (χ3v) is 3.43. The average Bonchev–Trinajstić information content (AvgIpc) is 2.42. The van der Waals surface area contributed by atoms with Crippen LogP contribution in [0, 0.1) is 27.7 Å². The van der Waals surface area contributed by atoms with E-state index in [-0.39, 0.29) is 5.91 Å². The molecule has 0 atom stereocenters. The highest BCUT2D eigenvalue weighted by Gasteiger charge is 2.05. The molecule has 0 spiro atoms. The van der Waals surface area contributed by atoms with Gasteiger partial charge in [0.05, 0.1) is 0 Å². The fourth-order valence-electron chi connectivity index (χ4n) is 2.39. The van der Waals surface area contributed by atoms with Crippen molar-refractivity contribution in [3.05, 3.63) is 70.3 Å². The predicted molar refractivity (Wildman–Crippen MR) is 89.5 cm³/mol. The molecule has 0 fully saturated rings. The summed E-state index contributed by atoms with van der Waals surface area (Å²) in [6.07, 6.45) is 3.40. The molecular formula is C19H21NO. The maximum Gasteiger partial charge on any atom is 0.248 e. The number of benzene rings is 2. The van der Waals surface area contributed by atoms with Gasteiger partial charge in [-0.2, -0.15) is 0 Å². The van der Waals surface area contributed by atoms with Crippen LogP contribution in [-0.4, -0.2) is 5.91 Å². The van der Waals surface area contributed by atoms with Gasteiger partial charge < -0.3 is 5.32 Å². The van der Waals surface area contributed by atoms with Crippen LogP contribution in [0.15, 0.2) is 42.5 Å². The van der Waals surface area contributed by atoms with Gasteiger partial charge in [-0.1, -0.05) is 47.5 Å². The Labute approximate surface area is 126 Å². The summed E-state index contributed by atoms with van der Waals surface area (Å²) in [5.74, 6) is -0.106. The summed E-state index contributed by atoms with van der Waals surface area (Å²) in [7, 11) is 0. The van der Waals surface area contributed by atoms with E-state index in [0.717, 1.165) is 22.4 Å². The topological polar surface area (TPSA) is 29.1 Å². The number of carbonyl (C=O) groups excluding carboxylic acids is 1. The molecule has 0 aromatic heterocycles. The monoisotopic (exact) mass is 279 g/mol. The third kappa shape index (κ3) is 4.06. The van der Waals surface area contributed by atoms with Gasteiger partial charge in [-0.25, -0.2) is 0 Å². The van der Waals surface area contributed by atoms with Crippen LogP contribution < -0.4 is 5.32 Å². The molecule has 21 heavy (non-hydrogen) atoms. The van der Waals surface area contributed by atoms with Gasteiger partial charge in [-0.05, 0) is 50.5 Å². The van der Waals surface area contributed by atoms with E-state index in [1.165, 1.54) is 11.1 Å². The number of nitrogens with one attached hydrogen (secondary N) is 1. The van der Waals surface area contributed by atoms with Crippen LogP contribution in [0.1, 0.15) is 27.8 Å². The minimum absolute atomic E-state index is 0.106. The summed E-state index contributed by atoms with van der Waals surface area (Å²) in [6.45, 7) is 8.13. The molecule has 0 saturated carbocycles. The first-order valence-corrected chi connectivity index (χ1v) is 7.09. The first-order chi connectivity index (χ1) is 9.95. The molecule has 0 aliphatic rings. The van der Waals surface area contributed by atoms with E-state index in [1.54, 1.807) is 6.08 Å². The van der Waals surface area contributed by atoms with E-state index >= 15 is 0 Å². The molecule has 0 unspecified atom stereocenters. The number of aryl methyl sites for hydroxylation is 4. The van der Waals surface area contributed by atoms with E-state index in [0.29, 0.717) is 0 Å². The predicted octanol–water partition coefficient (Wildman–Crippen LogP) is 4.57. The lowest BCUT2D eigenvalue weighted by Crippen LogP contribution is -2.10. The second-order valence-electron chi connectivity index (χ2n) is 5.51. The fourth-order valence-corrected chi connectivity index (χ4v) is 2.39. The lowest BCUT2D eigenvalue weighted by atomic mass is 10.1. The highest BCUT2D eigenvalue weighted by molar-refractivity contribution is 6.02. The standard InChI is InChI=1S/C19H21NO/c1-13-5-7-17(8-6-13)9-10-18(21)20-19-15(3)11-14(2)12-16(19)4/h5-12H,1-4H3,(H,20,21)/b10-9+. The number of carbonyl (C=O) groups is 1. The van der Waals surface area contributed by atoms with Crippen molar-refractivity contribution in [3.63, 3.8) is 0 Å². The van der Waals surface area contributed by atoms with Crippen molar-refractivity contribution < 1.29 is 4.79 Å². The Morgan fingerprint density at radius 3 is 2.05 bits per heavy atom. The summed E-state index contributed by atoms with van der Waals surface area (Å²) < 4.78 is 0. The molecule has 1 N–H and O–H groups in total. The molecule has 2 heteroatoms. The van der Waals surface area contributed by atoms with Gasteiger partial charge in [-0.15, -0.1) is 0 Å². The Bertz CT molecular complexity index is 658. The quantitative estimate of drug-likeness (QED) is 0.819. The number of hydrogen-bond donors (Lipinski definition) is 1. The number of hydrogen-bond acceptors (Lipinski definition) is 1. The van der Waals surface area contributed by atoms with Crippen LogP contribution >= 0.6 is 0 Å². The Morgan fingerprint density at radius 1 is 0.905 bits per heavy atom. The van der Waals surface area contributed by atoms with E-state index in [2.05, 4.69) is 24.4 Å². The van der Waals surface area contributed by atoms with Gasteiger partial charge in [-0.3, -0.25) is 4.79 Å². The second-order valence-corrected chi connectivity index (χ2v) is 5.51.